The van der Waals surface area contributed by atoms with Crippen LogP contribution in [0.25, 0.3) is 0 Å². The number of nitrogens with zero attached hydrogens (tertiary/aromatic N) is 3. The molecule has 5 rings (SSSR count). The van der Waals surface area contributed by atoms with Crippen LogP contribution >= 0.6 is 0 Å². The Labute approximate surface area is 290 Å². The van der Waals surface area contributed by atoms with Gasteiger partial charge in [-0.15, -0.1) is 0 Å². The molecule has 0 aliphatic carbocycles. The summed E-state index contributed by atoms with van der Waals surface area (Å²) in [6.45, 7) is 5.96. The lowest BCUT2D eigenvalue weighted by molar-refractivity contribution is -0.144. The molecule has 2 aromatic rings. The second-order valence-electron chi connectivity index (χ2n) is 13.6. The molecule has 270 valence electrons. The molecule has 4 heterocycles. The maximum atomic E-state index is 14.3. The summed E-state index contributed by atoms with van der Waals surface area (Å²) in [6.07, 6.45) is 4.36. The zero-order chi connectivity index (χ0) is 35.8. The zero-order valence-electron chi connectivity index (χ0n) is 28.6. The Morgan fingerprint density at radius 2 is 1.70 bits per heavy atom. The molecular formula is C35H47N7O8. The number of anilines is 1. The van der Waals surface area contributed by atoms with Gasteiger partial charge in [0.05, 0.1) is 5.69 Å². The second kappa shape index (κ2) is 16.6. The fourth-order valence-corrected chi connectivity index (χ4v) is 6.62. The summed E-state index contributed by atoms with van der Waals surface area (Å²) in [5.74, 6) is -3.97. The molecule has 1 aromatic heterocycles. The van der Waals surface area contributed by atoms with Crippen LogP contribution in [-0.2, 0) is 19.2 Å². The lowest BCUT2D eigenvalue weighted by atomic mass is 10.1. The topological polar surface area (TPSA) is 203 Å². The average molecular weight is 694 g/mol. The minimum absolute atomic E-state index is 0.0139. The van der Waals surface area contributed by atoms with Gasteiger partial charge in [0.25, 0.3) is 11.8 Å². The quantitative estimate of drug-likeness (QED) is 0.285. The number of rotatable bonds is 7. The molecular weight excluding hydrogens is 646 g/mol. The number of hydrogen-bond donors (Lipinski definition) is 5. The number of aromatic nitrogens is 1. The third kappa shape index (κ3) is 9.18. The number of carbonyl (C=O) groups is 6. The number of fused-ring (bicyclic) bond motifs is 1. The van der Waals surface area contributed by atoms with Crippen LogP contribution in [0.2, 0.25) is 0 Å². The Kier molecular flexibility index (Phi) is 12.1. The Bertz CT molecular complexity index is 1550. The maximum absolute atomic E-state index is 14.3. The summed E-state index contributed by atoms with van der Waals surface area (Å²) in [5.41, 5.74) is 1.99. The molecule has 15 heteroatoms. The van der Waals surface area contributed by atoms with Crippen molar-refractivity contribution in [1.29, 1.82) is 0 Å². The van der Waals surface area contributed by atoms with Gasteiger partial charge in [0, 0.05) is 56.0 Å². The summed E-state index contributed by atoms with van der Waals surface area (Å²) in [7, 11) is 0. The number of piperidine rings is 1. The number of carbonyl (C=O) groups excluding carboxylic acids is 5. The molecule has 5 amide bonds. The highest BCUT2D eigenvalue weighted by Gasteiger charge is 2.43. The van der Waals surface area contributed by atoms with Crippen molar-refractivity contribution in [1.82, 2.24) is 31.3 Å². The Morgan fingerprint density at radius 3 is 2.38 bits per heavy atom. The minimum Gasteiger partial charge on any atom is -0.480 e. The lowest BCUT2D eigenvalue weighted by Crippen LogP contribution is -2.55. The van der Waals surface area contributed by atoms with E-state index in [1.165, 1.54) is 17.4 Å². The van der Waals surface area contributed by atoms with Gasteiger partial charge in [-0.3, -0.25) is 24.0 Å². The summed E-state index contributed by atoms with van der Waals surface area (Å²) in [4.78, 5) is 82.6. The summed E-state index contributed by atoms with van der Waals surface area (Å²) >= 11 is 0. The van der Waals surface area contributed by atoms with E-state index < -0.39 is 53.8 Å². The first kappa shape index (κ1) is 36.3. The van der Waals surface area contributed by atoms with Crippen LogP contribution in [0.3, 0.4) is 0 Å². The molecule has 0 unspecified atom stereocenters. The van der Waals surface area contributed by atoms with Crippen LogP contribution in [0.1, 0.15) is 104 Å². The Hall–Kier alpha value is -4.95. The zero-order valence-corrected chi connectivity index (χ0v) is 28.6. The molecule has 50 heavy (non-hydrogen) atoms. The molecule has 0 bridgehead atoms. The van der Waals surface area contributed by atoms with E-state index in [0.29, 0.717) is 30.6 Å². The number of nitrogens with one attached hydrogen (secondary N) is 4. The van der Waals surface area contributed by atoms with Crippen molar-refractivity contribution in [3.05, 3.63) is 47.3 Å². The van der Waals surface area contributed by atoms with Crippen molar-refractivity contribution >= 4 is 41.2 Å². The molecule has 15 nitrogen and oxygen atoms in total. The monoisotopic (exact) mass is 693 g/mol. The first-order chi connectivity index (χ1) is 24.0. The van der Waals surface area contributed by atoms with Gasteiger partial charge >= 0.3 is 5.97 Å². The molecule has 3 aliphatic rings. The van der Waals surface area contributed by atoms with Crippen LogP contribution < -0.4 is 26.2 Å². The highest BCUT2D eigenvalue weighted by Crippen LogP contribution is 2.24. The molecule has 3 saturated heterocycles. The van der Waals surface area contributed by atoms with E-state index in [0.717, 1.165) is 31.6 Å². The van der Waals surface area contributed by atoms with E-state index in [4.69, 9.17) is 4.52 Å². The molecule has 0 radical (unpaired) electrons. The minimum atomic E-state index is -1.38. The van der Waals surface area contributed by atoms with Gasteiger partial charge in [-0.1, -0.05) is 19.0 Å². The smallest absolute Gasteiger partial charge is 0.326 e. The predicted molar refractivity (Wildman–Crippen MR) is 181 cm³/mol. The van der Waals surface area contributed by atoms with E-state index in [-0.39, 0.29) is 49.8 Å². The highest BCUT2D eigenvalue weighted by atomic mass is 16.5. The van der Waals surface area contributed by atoms with Crippen molar-refractivity contribution in [2.24, 2.45) is 0 Å². The van der Waals surface area contributed by atoms with Gasteiger partial charge in [0.1, 0.15) is 18.1 Å². The summed E-state index contributed by atoms with van der Waals surface area (Å²) < 4.78 is 5.22. The Morgan fingerprint density at radius 1 is 0.960 bits per heavy atom. The van der Waals surface area contributed by atoms with E-state index in [9.17, 15) is 33.9 Å². The Balaban J connectivity index is 1.37. The second-order valence-corrected chi connectivity index (χ2v) is 13.6. The van der Waals surface area contributed by atoms with Crippen LogP contribution in [0, 0.1) is 0 Å². The van der Waals surface area contributed by atoms with Gasteiger partial charge in [0.2, 0.25) is 23.5 Å². The average Bonchev–Trinajstić information content (AvgIpc) is 3.77. The van der Waals surface area contributed by atoms with Crippen molar-refractivity contribution < 1.29 is 38.4 Å². The van der Waals surface area contributed by atoms with Crippen molar-refractivity contribution in [3.8, 4) is 0 Å². The molecule has 5 N–H and O–H groups in total. The molecule has 3 aliphatic heterocycles. The van der Waals surface area contributed by atoms with Crippen molar-refractivity contribution in [2.75, 3.05) is 31.1 Å². The molecule has 1 aromatic carbocycles. The summed E-state index contributed by atoms with van der Waals surface area (Å²) in [6, 6.07) is 4.51. The van der Waals surface area contributed by atoms with E-state index in [1.54, 1.807) is 12.1 Å². The van der Waals surface area contributed by atoms with Crippen molar-refractivity contribution in [2.45, 2.75) is 102 Å². The van der Waals surface area contributed by atoms with Crippen molar-refractivity contribution in [3.63, 3.8) is 0 Å². The van der Waals surface area contributed by atoms with Gasteiger partial charge in [-0.2, -0.15) is 0 Å². The number of amides is 5. The predicted octanol–water partition coefficient (Wildman–Crippen LogP) is 1.94. The molecule has 3 fully saturated rings. The molecule has 0 saturated carbocycles. The van der Waals surface area contributed by atoms with Gasteiger partial charge in [-0.05, 0) is 81.5 Å². The standard InChI is InChI=1S/C35H47N7O8/c1-21(2)27-19-29(50-40-27)33(46)37-23-18-28-32(45)39-26(35(48)49)13-14-30(43)36-15-5-4-8-25(34(47)42(28)20-23)38-31(44)22-9-11-24(12-10-22)41-16-6-3-7-17-41/h9-12,19,21,23,25-26,28H,3-8,13-18,20H2,1-2H3,(H,36,43)(H,37,46)(H,38,44)(H,39,45)(H,48,49)/t23-,25+,26+,28+/m1/s1. The normalized spacial score (nSPS) is 24.0. The van der Waals surface area contributed by atoms with Crippen LogP contribution in [0.5, 0.6) is 0 Å². The molecule has 4 atom stereocenters. The fourth-order valence-electron chi connectivity index (χ4n) is 6.62. The number of hydrogen-bond acceptors (Lipinski definition) is 9. The van der Waals surface area contributed by atoms with Gasteiger partial charge in [0.15, 0.2) is 0 Å². The third-order valence-corrected chi connectivity index (χ3v) is 9.54. The van der Waals surface area contributed by atoms with Crippen LogP contribution in [0.4, 0.5) is 5.69 Å². The number of aliphatic carboxylic acids is 1. The van der Waals surface area contributed by atoms with Crippen LogP contribution in [-0.4, -0.2) is 101 Å². The van der Waals surface area contributed by atoms with E-state index in [1.807, 2.05) is 26.0 Å². The van der Waals surface area contributed by atoms with E-state index >= 15 is 0 Å². The number of carboxylic acid groups (broad SMARTS) is 1. The number of carboxylic acids is 1. The highest BCUT2D eigenvalue weighted by molar-refractivity contribution is 5.99. The lowest BCUT2D eigenvalue weighted by Gasteiger charge is -2.30. The van der Waals surface area contributed by atoms with Gasteiger partial charge in [-0.25, -0.2) is 4.79 Å². The first-order valence-electron chi connectivity index (χ1n) is 17.5. The first-order valence-corrected chi connectivity index (χ1v) is 17.5. The maximum Gasteiger partial charge on any atom is 0.326 e. The fraction of sp³-hybridized carbons (Fsp3) is 0.571. The van der Waals surface area contributed by atoms with Gasteiger partial charge < -0.3 is 40.7 Å². The third-order valence-electron chi connectivity index (χ3n) is 9.54. The number of benzene rings is 1. The summed E-state index contributed by atoms with van der Waals surface area (Å²) in [5, 5.41) is 24.7. The molecule has 0 spiro atoms. The largest absolute Gasteiger partial charge is 0.480 e. The van der Waals surface area contributed by atoms with Crippen LogP contribution in [0.15, 0.2) is 34.9 Å². The van der Waals surface area contributed by atoms with E-state index in [2.05, 4.69) is 31.3 Å². The SMILES string of the molecule is CC(C)c1cc(C(=O)N[C@@H]2C[C@H]3C(=O)N[C@H](C(=O)O)CCC(=O)NCCCC[C@H](NC(=O)c4ccc(N5CCCCC5)cc4)C(=O)N3C2)on1.